The summed E-state index contributed by atoms with van der Waals surface area (Å²) in [7, 11) is 0.837. The van der Waals surface area contributed by atoms with Gasteiger partial charge in [-0.05, 0) is 22.4 Å². The van der Waals surface area contributed by atoms with Crippen LogP contribution in [0.5, 0.6) is 0 Å². The number of hydrogen-bond donors (Lipinski definition) is 1. The van der Waals surface area contributed by atoms with Crippen LogP contribution in [0.4, 0.5) is 0 Å². The summed E-state index contributed by atoms with van der Waals surface area (Å²) in [4.78, 5) is 0. The van der Waals surface area contributed by atoms with E-state index in [0.29, 0.717) is 0 Å². The first-order chi connectivity index (χ1) is 3.68. The van der Waals surface area contributed by atoms with Crippen molar-refractivity contribution >= 4 is 60.1 Å². The van der Waals surface area contributed by atoms with Crippen molar-refractivity contribution in [3.63, 3.8) is 0 Å². The molecular formula is CH4OS6. The predicted molar refractivity (Wildman–Crippen MR) is 53.0 cm³/mol. The first-order valence-corrected chi connectivity index (χ1v) is 8.55. The molecule has 0 saturated heterocycles. The van der Waals surface area contributed by atoms with Gasteiger partial charge in [0.15, 0.2) is 0 Å². The van der Waals surface area contributed by atoms with Gasteiger partial charge in [0.1, 0.15) is 0 Å². The molecule has 50 valence electrons. The third-order valence-corrected chi connectivity index (χ3v) is 11.5. The zero-order valence-electron chi connectivity index (χ0n) is 3.90. The second-order valence-corrected chi connectivity index (χ2v) is 12.5. The fourth-order valence-electron chi connectivity index (χ4n) is 0.0793. The van der Waals surface area contributed by atoms with Crippen molar-refractivity contribution in [3.8, 4) is 0 Å². The van der Waals surface area contributed by atoms with E-state index in [4.69, 9.17) is 22.4 Å². The van der Waals surface area contributed by atoms with Gasteiger partial charge in [-0.25, -0.2) is 0 Å². The molecule has 7 heteroatoms. The molecule has 0 spiro atoms. The van der Waals surface area contributed by atoms with E-state index in [-0.39, 0.29) is 7.52 Å². The Morgan fingerprint density at radius 3 is 2.25 bits per heavy atom. The maximum atomic E-state index is 4.86. The minimum Gasteiger partial charge on any atom is -0.308 e. The predicted octanol–water partition coefficient (Wildman–Crippen LogP) is 1.12. The van der Waals surface area contributed by atoms with E-state index >= 15 is 0 Å². The standard InChI is InChI=1S/CH4OS6/c1-2-6-8(5)7(3)4/h1H3,(H,3,4). The Labute approximate surface area is 70.9 Å². The van der Waals surface area contributed by atoms with Gasteiger partial charge < -0.3 is 4.18 Å². The molecule has 1 nitrogen and oxygen atoms in total. The lowest BCUT2D eigenvalue weighted by molar-refractivity contribution is 0.498. The molecule has 2 atom stereocenters. The summed E-state index contributed by atoms with van der Waals surface area (Å²) in [6.45, 7) is 0. The molecule has 0 fully saturated rings. The summed E-state index contributed by atoms with van der Waals surface area (Å²) in [5.74, 6) is 0. The van der Waals surface area contributed by atoms with E-state index in [9.17, 15) is 0 Å². The Morgan fingerprint density at radius 1 is 1.62 bits per heavy atom. The van der Waals surface area contributed by atoms with Crippen LogP contribution in [0.25, 0.3) is 0 Å². The average molecular weight is 224 g/mol. The monoisotopic (exact) mass is 224 g/mol. The minimum absolute atomic E-state index is 0.337. The molecule has 0 aliphatic rings. The van der Waals surface area contributed by atoms with E-state index < -0.39 is 7.52 Å². The van der Waals surface area contributed by atoms with Crippen LogP contribution in [0, 0.1) is 0 Å². The third kappa shape index (κ3) is 4.66. The van der Waals surface area contributed by atoms with Crippen molar-refractivity contribution in [2.24, 2.45) is 0 Å². The molecule has 0 N–H and O–H groups in total. The lowest BCUT2D eigenvalue weighted by atomic mass is 11.8. The summed E-state index contributed by atoms with van der Waals surface area (Å²) in [6, 6.07) is 0. The second-order valence-electron chi connectivity index (χ2n) is 0.656. The van der Waals surface area contributed by atoms with Crippen molar-refractivity contribution in [2.45, 2.75) is 0 Å². The lowest BCUT2D eigenvalue weighted by Gasteiger charge is -1.95. The van der Waals surface area contributed by atoms with Gasteiger partial charge in [-0.2, -0.15) is 0 Å². The van der Waals surface area contributed by atoms with Gasteiger partial charge in [0.2, 0.25) is 0 Å². The first kappa shape index (κ1) is 9.80. The van der Waals surface area contributed by atoms with Crippen LogP contribution in [0.15, 0.2) is 0 Å². The van der Waals surface area contributed by atoms with Gasteiger partial charge in [0, 0.05) is 15.0 Å². The molecule has 0 rings (SSSR count). The first-order valence-electron chi connectivity index (χ1n) is 1.42. The highest BCUT2D eigenvalue weighted by atomic mass is 33.9. The zero-order chi connectivity index (χ0) is 6.57. The summed E-state index contributed by atoms with van der Waals surface area (Å²) in [5.41, 5.74) is 0. The van der Waals surface area contributed by atoms with Crippen molar-refractivity contribution in [2.75, 3.05) is 7.11 Å². The highest BCUT2D eigenvalue weighted by molar-refractivity contribution is 9.26. The Morgan fingerprint density at radius 2 is 2.12 bits per heavy atom. The van der Waals surface area contributed by atoms with Gasteiger partial charge in [-0.15, -0.1) is 0 Å². The molecule has 0 aromatic rings. The third-order valence-electron chi connectivity index (χ3n) is 0.240. The average Bonchev–Trinajstić information content (AvgIpc) is 1.67. The molecule has 0 aromatic carbocycles. The lowest BCUT2D eigenvalue weighted by Crippen LogP contribution is -1.81. The molecule has 0 aliphatic carbocycles. The Hall–Kier alpha value is 1.80. The summed E-state index contributed by atoms with van der Waals surface area (Å²) >= 11 is 14.8. The minimum atomic E-state index is -0.402. The molecule has 0 bridgehead atoms. The Bertz CT molecular complexity index is 107. The normalized spacial score (nSPS) is 17.8. The molecule has 0 aromatic heterocycles. The van der Waals surface area contributed by atoms with Crippen LogP contribution >= 0.6 is 22.7 Å². The molecular weight excluding hydrogens is 220 g/mol. The Balaban J connectivity index is 3.49. The summed E-state index contributed by atoms with van der Waals surface area (Å²) in [5, 5.41) is 0. The van der Waals surface area contributed by atoms with Crippen LogP contribution in [0.1, 0.15) is 0 Å². The highest BCUT2D eigenvalue weighted by Crippen LogP contribution is 2.14. The molecule has 0 radical (unpaired) electrons. The van der Waals surface area contributed by atoms with Gasteiger partial charge in [0.05, 0.1) is 18.2 Å². The molecule has 0 heterocycles. The quantitative estimate of drug-likeness (QED) is 0.437. The number of rotatable bonds is 3. The van der Waals surface area contributed by atoms with E-state index in [1.165, 1.54) is 11.1 Å². The van der Waals surface area contributed by atoms with Gasteiger partial charge in [0.25, 0.3) is 0 Å². The van der Waals surface area contributed by atoms with E-state index in [1.54, 1.807) is 7.11 Å². The van der Waals surface area contributed by atoms with Crippen molar-refractivity contribution < 1.29 is 4.18 Å². The van der Waals surface area contributed by atoms with Gasteiger partial charge in [-0.3, -0.25) is 0 Å². The van der Waals surface area contributed by atoms with Crippen molar-refractivity contribution in [1.29, 1.82) is 0 Å². The molecule has 0 aliphatic heterocycles. The Kier molecular flexibility index (Phi) is 6.83. The zero-order valence-corrected chi connectivity index (χ0v) is 8.87. The molecule has 2 unspecified atom stereocenters. The molecule has 0 amide bonds. The van der Waals surface area contributed by atoms with E-state index in [1.807, 2.05) is 0 Å². The summed E-state index contributed by atoms with van der Waals surface area (Å²) in [6.07, 6.45) is 0. The number of thiol groups is 1. The highest BCUT2D eigenvalue weighted by Gasteiger charge is 1.94. The largest absolute Gasteiger partial charge is 0.308 e. The van der Waals surface area contributed by atoms with E-state index in [0.717, 1.165) is 0 Å². The smallest absolute Gasteiger partial charge is 0.0784 e. The van der Waals surface area contributed by atoms with Gasteiger partial charge in [-0.1, -0.05) is 11.7 Å². The van der Waals surface area contributed by atoms with Crippen LogP contribution in [0.2, 0.25) is 0 Å². The molecule has 0 saturated carbocycles. The van der Waals surface area contributed by atoms with E-state index in [2.05, 4.69) is 15.8 Å². The van der Waals surface area contributed by atoms with Crippen molar-refractivity contribution in [3.05, 3.63) is 0 Å². The topological polar surface area (TPSA) is 9.23 Å². The maximum Gasteiger partial charge on any atom is 0.0784 e. The fourth-order valence-corrected chi connectivity index (χ4v) is 3.42. The van der Waals surface area contributed by atoms with Crippen LogP contribution in [-0.4, -0.2) is 7.11 Å². The SMILES string of the molecule is COSS(=S)S(=S)S. The number of hydrogen-bond acceptors (Lipinski definition) is 4. The van der Waals surface area contributed by atoms with Crippen molar-refractivity contribution in [1.82, 2.24) is 0 Å². The summed E-state index contributed by atoms with van der Waals surface area (Å²) < 4.78 is 4.68. The van der Waals surface area contributed by atoms with Crippen LogP contribution in [0.3, 0.4) is 0 Å². The van der Waals surface area contributed by atoms with Crippen LogP contribution < -0.4 is 0 Å². The van der Waals surface area contributed by atoms with Gasteiger partial charge >= 0.3 is 0 Å². The maximum absolute atomic E-state index is 4.86. The van der Waals surface area contributed by atoms with Crippen LogP contribution in [-0.2, 0) is 41.6 Å². The molecule has 8 heavy (non-hydrogen) atoms. The fraction of sp³-hybridized carbons (Fsp3) is 1.00. The second kappa shape index (κ2) is 5.57.